The Morgan fingerprint density at radius 2 is 1.97 bits per heavy atom. The monoisotopic (exact) mass is 407 g/mol. The fourth-order valence-corrected chi connectivity index (χ4v) is 3.53. The summed E-state index contributed by atoms with van der Waals surface area (Å²) in [6.45, 7) is 6.46. The van der Waals surface area contributed by atoms with Gasteiger partial charge in [0.1, 0.15) is 5.76 Å². The maximum absolute atomic E-state index is 12.2. The van der Waals surface area contributed by atoms with Gasteiger partial charge in [0.05, 0.1) is 12.0 Å². The summed E-state index contributed by atoms with van der Waals surface area (Å²) in [7, 11) is 0. The van der Waals surface area contributed by atoms with Gasteiger partial charge in [-0.25, -0.2) is 4.68 Å². The van der Waals surface area contributed by atoms with Gasteiger partial charge in [-0.05, 0) is 63.4 Å². The van der Waals surface area contributed by atoms with E-state index in [2.05, 4.69) is 25.7 Å². The van der Waals surface area contributed by atoms with Gasteiger partial charge in [-0.1, -0.05) is 0 Å². The maximum atomic E-state index is 12.2. The fourth-order valence-electron chi connectivity index (χ4n) is 3.53. The molecule has 0 aliphatic rings. The molecular formula is C21H25N7O2. The van der Waals surface area contributed by atoms with Crippen LogP contribution in [-0.4, -0.2) is 42.0 Å². The molecule has 156 valence electrons. The summed E-state index contributed by atoms with van der Waals surface area (Å²) in [6, 6.07) is 7.56. The number of aryl methyl sites for hydroxylation is 3. The van der Waals surface area contributed by atoms with Crippen molar-refractivity contribution in [3.63, 3.8) is 0 Å². The Bertz CT molecular complexity index is 1160. The van der Waals surface area contributed by atoms with Crippen molar-refractivity contribution in [1.82, 2.24) is 34.9 Å². The van der Waals surface area contributed by atoms with Crippen LogP contribution in [0.25, 0.3) is 11.5 Å². The second-order valence-electron chi connectivity index (χ2n) is 7.30. The summed E-state index contributed by atoms with van der Waals surface area (Å²) in [5, 5.41) is 20.3. The maximum Gasteiger partial charge on any atom is 0.220 e. The number of carbonyl (C=O) groups is 1. The van der Waals surface area contributed by atoms with Crippen molar-refractivity contribution < 1.29 is 9.21 Å². The van der Waals surface area contributed by atoms with E-state index in [1.807, 2.05) is 49.7 Å². The van der Waals surface area contributed by atoms with Crippen molar-refractivity contribution in [1.29, 1.82) is 0 Å². The lowest BCUT2D eigenvalue weighted by Crippen LogP contribution is -2.25. The Morgan fingerprint density at radius 3 is 2.77 bits per heavy atom. The molecule has 4 aromatic heterocycles. The number of rotatable bonds is 8. The van der Waals surface area contributed by atoms with Crippen LogP contribution in [0.1, 0.15) is 41.4 Å². The summed E-state index contributed by atoms with van der Waals surface area (Å²) in [5.41, 5.74) is 3.65. The molecule has 1 amide bonds. The number of amides is 1. The number of hydrogen-bond donors (Lipinski definition) is 1. The molecule has 0 saturated heterocycles. The molecule has 30 heavy (non-hydrogen) atoms. The zero-order valence-electron chi connectivity index (χ0n) is 17.4. The van der Waals surface area contributed by atoms with Crippen LogP contribution in [0.2, 0.25) is 0 Å². The van der Waals surface area contributed by atoms with E-state index in [0.29, 0.717) is 30.9 Å². The summed E-state index contributed by atoms with van der Waals surface area (Å²) in [5.74, 6) is 2.40. The third-order valence-electron chi connectivity index (χ3n) is 5.17. The molecule has 0 unspecified atom stereocenters. The minimum absolute atomic E-state index is 0.0423. The van der Waals surface area contributed by atoms with Crippen molar-refractivity contribution in [2.75, 3.05) is 6.54 Å². The van der Waals surface area contributed by atoms with E-state index < -0.39 is 0 Å². The van der Waals surface area contributed by atoms with Gasteiger partial charge in [-0.3, -0.25) is 4.79 Å². The number of nitrogens with one attached hydrogen (secondary N) is 1. The highest BCUT2D eigenvalue weighted by Gasteiger charge is 2.16. The average Bonchev–Trinajstić information content (AvgIpc) is 3.45. The second kappa shape index (κ2) is 8.48. The number of aromatic nitrogens is 6. The van der Waals surface area contributed by atoms with Crippen LogP contribution in [0.4, 0.5) is 0 Å². The number of furan rings is 1. The zero-order chi connectivity index (χ0) is 21.1. The van der Waals surface area contributed by atoms with Crippen molar-refractivity contribution in [3.05, 3.63) is 59.1 Å². The Morgan fingerprint density at radius 1 is 1.10 bits per heavy atom. The van der Waals surface area contributed by atoms with Gasteiger partial charge < -0.3 is 9.73 Å². The predicted octanol–water partition coefficient (Wildman–Crippen LogP) is 2.51. The largest absolute Gasteiger partial charge is 0.469 e. The first-order valence-electron chi connectivity index (χ1n) is 10.1. The van der Waals surface area contributed by atoms with Crippen molar-refractivity contribution in [2.45, 2.75) is 46.5 Å². The van der Waals surface area contributed by atoms with Crippen LogP contribution in [0.15, 0.2) is 34.9 Å². The summed E-state index contributed by atoms with van der Waals surface area (Å²) in [4.78, 5) is 12.2. The van der Waals surface area contributed by atoms with E-state index in [9.17, 15) is 4.79 Å². The standard InChI is InChI=1S/C21H25N7O2/c1-14-18(8-11-21(29)22-12-4-6-17-7-5-13-30-17)15(2)27(25-14)20-10-9-19-24-23-16(3)28(19)26-20/h5,7,9-10,13H,4,6,8,11-12H2,1-3H3,(H,22,29). The van der Waals surface area contributed by atoms with E-state index in [0.717, 1.165) is 41.4 Å². The molecule has 0 bridgehead atoms. The fraction of sp³-hybridized carbons (Fsp3) is 0.381. The topological polar surface area (TPSA) is 103 Å². The quantitative estimate of drug-likeness (QED) is 0.450. The van der Waals surface area contributed by atoms with E-state index in [4.69, 9.17) is 4.42 Å². The molecular weight excluding hydrogens is 382 g/mol. The minimum atomic E-state index is 0.0423. The molecule has 0 aromatic carbocycles. The highest BCUT2D eigenvalue weighted by atomic mass is 16.3. The second-order valence-corrected chi connectivity index (χ2v) is 7.30. The van der Waals surface area contributed by atoms with Crippen molar-refractivity contribution in [2.24, 2.45) is 0 Å². The summed E-state index contributed by atoms with van der Waals surface area (Å²) in [6.07, 6.45) is 4.40. The van der Waals surface area contributed by atoms with Gasteiger partial charge in [0, 0.05) is 25.1 Å². The number of nitrogens with zero attached hydrogens (tertiary/aromatic N) is 6. The zero-order valence-corrected chi connectivity index (χ0v) is 17.4. The van der Waals surface area contributed by atoms with Crippen LogP contribution in [0.5, 0.6) is 0 Å². The molecule has 0 aliphatic carbocycles. The average molecular weight is 407 g/mol. The molecule has 0 saturated carbocycles. The van der Waals surface area contributed by atoms with Crippen molar-refractivity contribution >= 4 is 11.6 Å². The van der Waals surface area contributed by atoms with Gasteiger partial charge >= 0.3 is 0 Å². The van der Waals surface area contributed by atoms with Crippen LogP contribution in [0, 0.1) is 20.8 Å². The highest BCUT2D eigenvalue weighted by Crippen LogP contribution is 2.19. The number of hydrogen-bond acceptors (Lipinski definition) is 6. The molecule has 9 nitrogen and oxygen atoms in total. The third kappa shape index (κ3) is 4.10. The first kappa shape index (κ1) is 19.8. The summed E-state index contributed by atoms with van der Waals surface area (Å²) >= 11 is 0. The van der Waals surface area contributed by atoms with E-state index in [-0.39, 0.29) is 5.91 Å². The van der Waals surface area contributed by atoms with Crippen LogP contribution >= 0.6 is 0 Å². The Hall–Kier alpha value is -3.49. The van der Waals surface area contributed by atoms with E-state index in [1.54, 1.807) is 10.8 Å². The molecule has 4 rings (SSSR count). The SMILES string of the molecule is Cc1nn(-c2ccc3nnc(C)n3n2)c(C)c1CCC(=O)NCCCc1ccco1. The Kier molecular flexibility index (Phi) is 5.60. The molecule has 9 heteroatoms. The van der Waals surface area contributed by atoms with Crippen LogP contribution in [0.3, 0.4) is 0 Å². The van der Waals surface area contributed by atoms with Gasteiger partial charge in [-0.2, -0.15) is 9.61 Å². The first-order valence-corrected chi connectivity index (χ1v) is 10.1. The highest BCUT2D eigenvalue weighted by molar-refractivity contribution is 5.76. The minimum Gasteiger partial charge on any atom is -0.469 e. The lowest BCUT2D eigenvalue weighted by atomic mass is 10.1. The first-order chi connectivity index (χ1) is 14.5. The third-order valence-corrected chi connectivity index (χ3v) is 5.17. The molecule has 0 atom stereocenters. The van der Waals surface area contributed by atoms with Gasteiger partial charge in [0.25, 0.3) is 0 Å². The molecule has 0 fully saturated rings. The number of fused-ring (bicyclic) bond motifs is 1. The smallest absolute Gasteiger partial charge is 0.220 e. The Labute approximate surface area is 174 Å². The van der Waals surface area contributed by atoms with E-state index in [1.165, 1.54) is 0 Å². The molecule has 0 aliphatic heterocycles. The lowest BCUT2D eigenvalue weighted by molar-refractivity contribution is -0.121. The molecule has 0 radical (unpaired) electrons. The van der Waals surface area contributed by atoms with Gasteiger partial charge in [0.2, 0.25) is 5.91 Å². The Balaban J connectivity index is 1.37. The predicted molar refractivity (Wildman–Crippen MR) is 110 cm³/mol. The molecule has 1 N–H and O–H groups in total. The summed E-state index contributed by atoms with van der Waals surface area (Å²) < 4.78 is 8.81. The van der Waals surface area contributed by atoms with Crippen LogP contribution in [-0.2, 0) is 17.6 Å². The van der Waals surface area contributed by atoms with Gasteiger partial charge in [0.15, 0.2) is 17.3 Å². The molecule has 0 spiro atoms. The molecule has 4 heterocycles. The molecule has 4 aromatic rings. The normalized spacial score (nSPS) is 11.3. The van der Waals surface area contributed by atoms with Gasteiger partial charge in [-0.15, -0.1) is 15.3 Å². The lowest BCUT2D eigenvalue weighted by Gasteiger charge is -2.06. The van der Waals surface area contributed by atoms with E-state index >= 15 is 0 Å². The number of carbonyl (C=O) groups excluding carboxylic acids is 1. The van der Waals surface area contributed by atoms with Crippen molar-refractivity contribution in [3.8, 4) is 5.82 Å². The van der Waals surface area contributed by atoms with Crippen LogP contribution < -0.4 is 5.32 Å².